The summed E-state index contributed by atoms with van der Waals surface area (Å²) in [5.41, 5.74) is 5.57. The smallest absolute Gasteiger partial charge is 0.225 e. The fourth-order valence-electron chi connectivity index (χ4n) is 1.36. The molecule has 17 heavy (non-hydrogen) atoms. The van der Waals surface area contributed by atoms with Crippen molar-refractivity contribution in [3.8, 4) is 5.88 Å². The van der Waals surface area contributed by atoms with Crippen molar-refractivity contribution >= 4 is 11.8 Å². The second-order valence-corrected chi connectivity index (χ2v) is 3.33. The first-order chi connectivity index (χ1) is 8.21. The summed E-state index contributed by atoms with van der Waals surface area (Å²) >= 11 is 0. The van der Waals surface area contributed by atoms with Gasteiger partial charge >= 0.3 is 0 Å². The van der Waals surface area contributed by atoms with E-state index in [2.05, 4.69) is 9.97 Å². The fraction of sp³-hybridized carbons (Fsp3) is 0.600. The van der Waals surface area contributed by atoms with Crippen LogP contribution in [0.25, 0.3) is 0 Å². The van der Waals surface area contributed by atoms with Gasteiger partial charge in [0.25, 0.3) is 0 Å². The lowest BCUT2D eigenvalue weighted by Crippen LogP contribution is -2.31. The van der Waals surface area contributed by atoms with Gasteiger partial charge in [-0.3, -0.25) is 0 Å². The minimum atomic E-state index is 0.0237. The van der Waals surface area contributed by atoms with Crippen LogP contribution in [0.4, 0.5) is 11.8 Å². The first-order valence-electron chi connectivity index (χ1n) is 5.24. The summed E-state index contributed by atoms with van der Waals surface area (Å²) in [6, 6.07) is 1.67. The van der Waals surface area contributed by atoms with Gasteiger partial charge in [0.05, 0.1) is 20.3 Å². The van der Waals surface area contributed by atoms with E-state index in [-0.39, 0.29) is 12.6 Å². The number of nitrogens with two attached hydrogens (primary N) is 1. The van der Waals surface area contributed by atoms with E-state index >= 15 is 0 Å². The van der Waals surface area contributed by atoms with Crippen molar-refractivity contribution in [1.29, 1.82) is 0 Å². The van der Waals surface area contributed by atoms with Crippen molar-refractivity contribution in [2.24, 2.45) is 0 Å². The zero-order valence-corrected chi connectivity index (χ0v) is 10.1. The number of aliphatic hydroxyl groups excluding tert-OH is 1. The molecule has 96 valence electrons. The normalized spacial score (nSPS) is 10.3. The molecule has 1 aromatic heterocycles. The lowest BCUT2D eigenvalue weighted by Gasteiger charge is -2.22. The van der Waals surface area contributed by atoms with E-state index < -0.39 is 0 Å². The number of methoxy groups -OCH3 is 2. The van der Waals surface area contributed by atoms with Crippen LogP contribution < -0.4 is 15.4 Å². The molecular formula is C10H18N4O3. The van der Waals surface area contributed by atoms with E-state index in [0.717, 1.165) is 0 Å². The Hall–Kier alpha value is -1.60. The van der Waals surface area contributed by atoms with Gasteiger partial charge in [0.1, 0.15) is 5.82 Å². The summed E-state index contributed by atoms with van der Waals surface area (Å²) in [7, 11) is 3.13. The van der Waals surface area contributed by atoms with Crippen LogP contribution in [-0.2, 0) is 4.74 Å². The zero-order valence-electron chi connectivity index (χ0n) is 10.1. The van der Waals surface area contributed by atoms with Crippen LogP contribution >= 0.6 is 0 Å². The maximum absolute atomic E-state index is 9.00. The predicted molar refractivity (Wildman–Crippen MR) is 64.2 cm³/mol. The van der Waals surface area contributed by atoms with Gasteiger partial charge < -0.3 is 25.2 Å². The van der Waals surface area contributed by atoms with Gasteiger partial charge in [0.15, 0.2) is 0 Å². The Morgan fingerprint density at radius 1 is 1.35 bits per heavy atom. The Morgan fingerprint density at radius 2 is 2.12 bits per heavy atom. The number of nitrogen functional groups attached to an aromatic ring is 1. The maximum Gasteiger partial charge on any atom is 0.225 e. The number of aliphatic hydroxyl groups is 1. The molecule has 0 aromatic carbocycles. The average Bonchev–Trinajstić information content (AvgIpc) is 2.33. The van der Waals surface area contributed by atoms with Crippen LogP contribution in [0.3, 0.4) is 0 Å². The summed E-state index contributed by atoms with van der Waals surface area (Å²) in [6.07, 6.45) is 0. The van der Waals surface area contributed by atoms with Gasteiger partial charge in [-0.15, -0.1) is 0 Å². The average molecular weight is 242 g/mol. The van der Waals surface area contributed by atoms with Gasteiger partial charge in [-0.05, 0) is 0 Å². The van der Waals surface area contributed by atoms with Gasteiger partial charge in [-0.25, -0.2) is 0 Å². The summed E-state index contributed by atoms with van der Waals surface area (Å²) in [5.74, 6) is 1.15. The molecule has 0 unspecified atom stereocenters. The fourth-order valence-corrected chi connectivity index (χ4v) is 1.36. The van der Waals surface area contributed by atoms with E-state index in [1.165, 1.54) is 7.11 Å². The maximum atomic E-state index is 9.00. The minimum absolute atomic E-state index is 0.0237. The molecule has 0 fully saturated rings. The third-order valence-corrected chi connectivity index (χ3v) is 2.17. The number of hydrogen-bond acceptors (Lipinski definition) is 7. The molecule has 0 amide bonds. The van der Waals surface area contributed by atoms with Crippen molar-refractivity contribution < 1.29 is 14.6 Å². The van der Waals surface area contributed by atoms with Crippen LogP contribution in [0.15, 0.2) is 6.07 Å². The summed E-state index contributed by atoms with van der Waals surface area (Å²) < 4.78 is 10.0. The number of hydrogen-bond donors (Lipinski definition) is 2. The highest BCUT2D eigenvalue weighted by Crippen LogP contribution is 2.17. The van der Waals surface area contributed by atoms with E-state index in [1.807, 2.05) is 4.90 Å². The van der Waals surface area contributed by atoms with Crippen LogP contribution in [0.5, 0.6) is 5.88 Å². The van der Waals surface area contributed by atoms with Crippen molar-refractivity contribution in [3.05, 3.63) is 6.07 Å². The monoisotopic (exact) mass is 242 g/mol. The number of aromatic nitrogens is 2. The summed E-state index contributed by atoms with van der Waals surface area (Å²) in [4.78, 5) is 9.85. The molecule has 0 saturated heterocycles. The Bertz CT molecular complexity index is 348. The molecule has 0 aliphatic heterocycles. The minimum Gasteiger partial charge on any atom is -0.481 e. The lowest BCUT2D eigenvalue weighted by atomic mass is 10.4. The highest BCUT2D eigenvalue weighted by atomic mass is 16.5. The van der Waals surface area contributed by atoms with E-state index in [4.69, 9.17) is 20.3 Å². The highest BCUT2D eigenvalue weighted by Gasteiger charge is 2.10. The van der Waals surface area contributed by atoms with Crippen LogP contribution in [0.2, 0.25) is 0 Å². The Morgan fingerprint density at radius 3 is 2.71 bits per heavy atom. The molecule has 7 nitrogen and oxygen atoms in total. The molecule has 0 aliphatic carbocycles. The predicted octanol–water partition coefficient (Wildman–Crippen LogP) is -0.487. The number of rotatable bonds is 7. The molecule has 1 aromatic rings. The third kappa shape index (κ3) is 4.04. The number of ether oxygens (including phenoxy) is 2. The quantitative estimate of drug-likeness (QED) is 0.666. The number of anilines is 2. The molecular weight excluding hydrogens is 224 g/mol. The van der Waals surface area contributed by atoms with Gasteiger partial charge in [0, 0.05) is 26.3 Å². The molecule has 3 N–H and O–H groups in total. The Kier molecular flexibility index (Phi) is 5.44. The Labute approximate surface area is 100 Å². The molecule has 0 atom stereocenters. The molecule has 0 spiro atoms. The second kappa shape index (κ2) is 6.87. The molecule has 0 radical (unpaired) electrons. The zero-order chi connectivity index (χ0) is 12.7. The molecule has 0 aliphatic rings. The second-order valence-electron chi connectivity index (χ2n) is 3.33. The molecule has 0 bridgehead atoms. The topological polar surface area (TPSA) is 93.7 Å². The summed E-state index contributed by atoms with van der Waals surface area (Å²) in [5, 5.41) is 9.00. The first kappa shape index (κ1) is 13.5. The largest absolute Gasteiger partial charge is 0.481 e. The van der Waals surface area contributed by atoms with Gasteiger partial charge in [-0.2, -0.15) is 9.97 Å². The van der Waals surface area contributed by atoms with Crippen LogP contribution in [-0.4, -0.2) is 55.6 Å². The molecule has 1 rings (SSSR count). The van der Waals surface area contributed by atoms with E-state index in [9.17, 15) is 0 Å². The molecule has 0 saturated carbocycles. The van der Waals surface area contributed by atoms with E-state index in [1.54, 1.807) is 13.2 Å². The first-order valence-corrected chi connectivity index (χ1v) is 5.24. The number of nitrogens with zero attached hydrogens (tertiary/aromatic N) is 3. The molecule has 1 heterocycles. The standard InChI is InChI=1S/C10H18N4O3/c1-16-6-4-14(3-5-15)8-7-9(17-2)13-10(11)12-8/h7,15H,3-6H2,1-2H3,(H2,11,12,13). The molecule has 7 heteroatoms. The third-order valence-electron chi connectivity index (χ3n) is 2.17. The van der Waals surface area contributed by atoms with Crippen LogP contribution in [0, 0.1) is 0 Å². The van der Waals surface area contributed by atoms with Gasteiger partial charge in [-0.1, -0.05) is 0 Å². The van der Waals surface area contributed by atoms with E-state index in [0.29, 0.717) is 31.4 Å². The lowest BCUT2D eigenvalue weighted by molar-refractivity contribution is 0.202. The van der Waals surface area contributed by atoms with Crippen molar-refractivity contribution in [3.63, 3.8) is 0 Å². The van der Waals surface area contributed by atoms with Crippen molar-refractivity contribution in [2.45, 2.75) is 0 Å². The van der Waals surface area contributed by atoms with Crippen molar-refractivity contribution in [2.75, 3.05) is 51.2 Å². The van der Waals surface area contributed by atoms with Crippen molar-refractivity contribution in [1.82, 2.24) is 9.97 Å². The van der Waals surface area contributed by atoms with Crippen LogP contribution in [0.1, 0.15) is 0 Å². The highest BCUT2D eigenvalue weighted by molar-refractivity contribution is 5.45. The Balaban J connectivity index is 2.87. The van der Waals surface area contributed by atoms with Gasteiger partial charge in [0.2, 0.25) is 11.8 Å². The SMILES string of the molecule is COCCN(CCO)c1cc(OC)nc(N)n1. The summed E-state index contributed by atoms with van der Waals surface area (Å²) in [6.45, 7) is 1.61.